The molecule has 1 aromatic carbocycles. The standard InChI is InChI=1S/C15H20N2O3S/c1-12-3-2-8-16(9-12)15(18)11-21-10-13-4-6-14(7-5-13)17(19)20/h4-7,12H,2-3,8-11H2,1H3/t12-/m0/s1. The van der Waals surface area contributed by atoms with Gasteiger partial charge < -0.3 is 4.90 Å². The van der Waals surface area contributed by atoms with Crippen LogP contribution in [0.1, 0.15) is 25.3 Å². The molecular formula is C15H20N2O3S. The molecule has 0 bridgehead atoms. The topological polar surface area (TPSA) is 63.5 Å². The molecule has 1 aliphatic rings. The van der Waals surface area contributed by atoms with Crippen LogP contribution in [0.2, 0.25) is 0 Å². The lowest BCUT2D eigenvalue weighted by atomic mass is 10.0. The molecule has 1 aliphatic heterocycles. The molecular weight excluding hydrogens is 288 g/mol. The van der Waals surface area contributed by atoms with E-state index < -0.39 is 4.92 Å². The van der Waals surface area contributed by atoms with Gasteiger partial charge in [0, 0.05) is 31.0 Å². The number of carbonyl (C=O) groups excluding carboxylic acids is 1. The van der Waals surface area contributed by atoms with Crippen LogP contribution in [0, 0.1) is 16.0 Å². The predicted molar refractivity (Wildman–Crippen MR) is 84.2 cm³/mol. The lowest BCUT2D eigenvalue weighted by Crippen LogP contribution is -2.40. The van der Waals surface area contributed by atoms with Crippen LogP contribution in [-0.4, -0.2) is 34.6 Å². The fraction of sp³-hybridized carbons (Fsp3) is 0.533. The Labute approximate surface area is 128 Å². The molecule has 0 aliphatic carbocycles. The fourth-order valence-electron chi connectivity index (χ4n) is 2.48. The van der Waals surface area contributed by atoms with Crippen LogP contribution in [0.5, 0.6) is 0 Å². The number of nitro benzene ring substituents is 1. The van der Waals surface area contributed by atoms with Crippen molar-refractivity contribution in [1.82, 2.24) is 4.90 Å². The molecule has 1 fully saturated rings. The number of thioether (sulfide) groups is 1. The van der Waals surface area contributed by atoms with E-state index in [1.54, 1.807) is 23.9 Å². The van der Waals surface area contributed by atoms with Crippen molar-refractivity contribution < 1.29 is 9.72 Å². The number of piperidine rings is 1. The van der Waals surface area contributed by atoms with Gasteiger partial charge in [-0.1, -0.05) is 19.1 Å². The number of nitro groups is 1. The van der Waals surface area contributed by atoms with E-state index in [0.29, 0.717) is 17.4 Å². The minimum atomic E-state index is -0.405. The maximum atomic E-state index is 12.1. The maximum Gasteiger partial charge on any atom is 0.269 e. The van der Waals surface area contributed by atoms with Crippen LogP contribution in [0.25, 0.3) is 0 Å². The molecule has 21 heavy (non-hydrogen) atoms. The quantitative estimate of drug-likeness (QED) is 0.619. The molecule has 0 aromatic heterocycles. The molecule has 114 valence electrons. The third-order valence-corrected chi connectivity index (χ3v) is 4.64. The number of non-ortho nitro benzene ring substituents is 1. The fourth-order valence-corrected chi connectivity index (χ4v) is 3.36. The summed E-state index contributed by atoms with van der Waals surface area (Å²) in [5.74, 6) is 1.98. The molecule has 1 amide bonds. The summed E-state index contributed by atoms with van der Waals surface area (Å²) in [6.07, 6.45) is 2.31. The molecule has 0 N–H and O–H groups in total. The van der Waals surface area contributed by atoms with Crippen molar-refractivity contribution in [3.8, 4) is 0 Å². The molecule has 1 atom stereocenters. The van der Waals surface area contributed by atoms with Crippen LogP contribution in [0.3, 0.4) is 0 Å². The Kier molecular flexibility index (Phi) is 5.61. The van der Waals surface area contributed by atoms with Gasteiger partial charge >= 0.3 is 0 Å². The van der Waals surface area contributed by atoms with Gasteiger partial charge in [-0.05, 0) is 24.3 Å². The second-order valence-corrected chi connectivity index (χ2v) is 6.49. The van der Waals surface area contributed by atoms with Gasteiger partial charge in [0.05, 0.1) is 10.7 Å². The Morgan fingerprint density at radius 3 is 2.76 bits per heavy atom. The maximum absolute atomic E-state index is 12.1. The Morgan fingerprint density at radius 1 is 1.43 bits per heavy atom. The summed E-state index contributed by atoms with van der Waals surface area (Å²) in [4.78, 5) is 24.2. The number of hydrogen-bond acceptors (Lipinski definition) is 4. The monoisotopic (exact) mass is 308 g/mol. The van der Waals surface area contributed by atoms with Crippen LogP contribution < -0.4 is 0 Å². The highest BCUT2D eigenvalue weighted by Crippen LogP contribution is 2.19. The third kappa shape index (κ3) is 4.74. The number of rotatable bonds is 5. The van der Waals surface area contributed by atoms with E-state index in [1.165, 1.54) is 18.6 Å². The number of hydrogen-bond donors (Lipinski definition) is 0. The van der Waals surface area contributed by atoms with Crippen LogP contribution in [-0.2, 0) is 10.5 Å². The molecule has 2 rings (SSSR count). The molecule has 0 saturated carbocycles. The van der Waals surface area contributed by atoms with Crippen molar-refractivity contribution >= 4 is 23.4 Å². The number of nitrogens with zero attached hydrogens (tertiary/aromatic N) is 2. The van der Waals surface area contributed by atoms with E-state index in [2.05, 4.69) is 6.92 Å². The normalized spacial score (nSPS) is 18.5. The molecule has 0 spiro atoms. The summed E-state index contributed by atoms with van der Waals surface area (Å²) in [6.45, 7) is 3.93. The average molecular weight is 308 g/mol. The molecule has 1 aromatic rings. The van der Waals surface area contributed by atoms with Gasteiger partial charge in [0.15, 0.2) is 0 Å². The summed E-state index contributed by atoms with van der Waals surface area (Å²) in [7, 11) is 0. The van der Waals surface area contributed by atoms with Crippen molar-refractivity contribution in [2.45, 2.75) is 25.5 Å². The molecule has 0 radical (unpaired) electrons. The lowest BCUT2D eigenvalue weighted by Gasteiger charge is -2.30. The van der Waals surface area contributed by atoms with Crippen LogP contribution in [0.15, 0.2) is 24.3 Å². The Bertz CT molecular complexity index is 504. The summed E-state index contributed by atoms with van der Waals surface area (Å²) < 4.78 is 0. The Hall–Kier alpha value is -1.56. The van der Waals surface area contributed by atoms with E-state index in [4.69, 9.17) is 0 Å². The number of benzene rings is 1. The SMILES string of the molecule is C[C@H]1CCCN(C(=O)CSCc2ccc([N+](=O)[O-])cc2)C1. The third-order valence-electron chi connectivity index (χ3n) is 3.65. The van der Waals surface area contributed by atoms with Gasteiger partial charge in [0.2, 0.25) is 5.91 Å². The van der Waals surface area contributed by atoms with Gasteiger partial charge in [-0.3, -0.25) is 14.9 Å². The minimum Gasteiger partial charge on any atom is -0.342 e. The smallest absolute Gasteiger partial charge is 0.269 e. The van der Waals surface area contributed by atoms with Crippen molar-refractivity contribution in [2.24, 2.45) is 5.92 Å². The number of amides is 1. The first kappa shape index (κ1) is 15.8. The first-order chi connectivity index (χ1) is 10.1. The first-order valence-corrected chi connectivity index (χ1v) is 8.30. The van der Waals surface area contributed by atoms with E-state index in [0.717, 1.165) is 25.1 Å². The molecule has 0 unspecified atom stereocenters. The van der Waals surface area contributed by atoms with Crippen molar-refractivity contribution in [3.05, 3.63) is 39.9 Å². The summed E-state index contributed by atoms with van der Waals surface area (Å²) in [5.41, 5.74) is 1.10. The zero-order chi connectivity index (χ0) is 15.2. The largest absolute Gasteiger partial charge is 0.342 e. The van der Waals surface area contributed by atoms with Crippen molar-refractivity contribution in [3.63, 3.8) is 0 Å². The van der Waals surface area contributed by atoms with Gasteiger partial charge in [-0.15, -0.1) is 11.8 Å². The first-order valence-electron chi connectivity index (χ1n) is 7.15. The van der Waals surface area contributed by atoms with Crippen molar-refractivity contribution in [1.29, 1.82) is 0 Å². The zero-order valence-corrected chi connectivity index (χ0v) is 13.0. The Morgan fingerprint density at radius 2 is 2.14 bits per heavy atom. The number of likely N-dealkylation sites (tertiary alicyclic amines) is 1. The second kappa shape index (κ2) is 7.45. The Balaban J connectivity index is 1.75. The summed E-state index contributed by atoms with van der Waals surface area (Å²) in [6, 6.07) is 6.51. The molecule has 5 nitrogen and oxygen atoms in total. The predicted octanol–water partition coefficient (Wildman–Crippen LogP) is 3.09. The highest BCUT2D eigenvalue weighted by atomic mass is 32.2. The van der Waals surface area contributed by atoms with Gasteiger partial charge in [-0.2, -0.15) is 0 Å². The average Bonchev–Trinajstić information content (AvgIpc) is 2.47. The molecule has 1 heterocycles. The molecule has 6 heteroatoms. The van der Waals surface area contributed by atoms with E-state index in [1.807, 2.05) is 4.90 Å². The van der Waals surface area contributed by atoms with Gasteiger partial charge in [-0.25, -0.2) is 0 Å². The van der Waals surface area contributed by atoms with E-state index in [9.17, 15) is 14.9 Å². The van der Waals surface area contributed by atoms with Crippen LogP contribution >= 0.6 is 11.8 Å². The highest BCUT2D eigenvalue weighted by molar-refractivity contribution is 7.99. The summed E-state index contributed by atoms with van der Waals surface area (Å²) in [5, 5.41) is 10.6. The zero-order valence-electron chi connectivity index (χ0n) is 12.2. The molecule has 1 saturated heterocycles. The highest BCUT2D eigenvalue weighted by Gasteiger charge is 2.20. The summed E-state index contributed by atoms with van der Waals surface area (Å²) >= 11 is 1.56. The second-order valence-electron chi connectivity index (χ2n) is 5.50. The van der Waals surface area contributed by atoms with Crippen molar-refractivity contribution in [2.75, 3.05) is 18.8 Å². The van der Waals surface area contributed by atoms with Gasteiger partial charge in [0.1, 0.15) is 0 Å². The minimum absolute atomic E-state index is 0.0992. The van der Waals surface area contributed by atoms with Gasteiger partial charge in [0.25, 0.3) is 5.69 Å². The lowest BCUT2D eigenvalue weighted by molar-refractivity contribution is -0.384. The van der Waals surface area contributed by atoms with Crippen LogP contribution in [0.4, 0.5) is 5.69 Å². The van der Waals surface area contributed by atoms with E-state index in [-0.39, 0.29) is 11.6 Å². The number of carbonyl (C=O) groups is 1. The van der Waals surface area contributed by atoms with E-state index >= 15 is 0 Å².